The number of carboxylic acid groups (broad SMARTS) is 1. The van der Waals surface area contributed by atoms with Crippen LogP contribution in [0, 0.1) is 6.92 Å². The number of carbonyl (C=O) groups is 1. The van der Waals surface area contributed by atoms with E-state index < -0.39 is 5.97 Å². The molecule has 0 bridgehead atoms. The number of hydrogen-bond donors (Lipinski definition) is 1. The van der Waals surface area contributed by atoms with Crippen molar-refractivity contribution in [3.8, 4) is 11.4 Å². The molecule has 2 aromatic rings. The summed E-state index contributed by atoms with van der Waals surface area (Å²) in [5, 5.41) is 21.9. The van der Waals surface area contributed by atoms with Crippen LogP contribution in [0.4, 0.5) is 0 Å². The number of hydrogen-bond acceptors (Lipinski definition) is 5. The molecule has 0 aliphatic rings. The molecule has 1 N–H and O–H groups in total. The van der Waals surface area contributed by atoms with Crippen molar-refractivity contribution < 1.29 is 9.90 Å². The monoisotopic (exact) mass is 297 g/mol. The zero-order valence-corrected chi connectivity index (χ0v) is 12.4. The summed E-state index contributed by atoms with van der Waals surface area (Å²) in [5.74, 6) is -0.0115. The number of thioether (sulfide) groups is 1. The van der Waals surface area contributed by atoms with Gasteiger partial charge in [0.15, 0.2) is 11.0 Å². The highest BCUT2D eigenvalue weighted by Gasteiger charge is 2.16. The largest absolute Gasteiger partial charge is 0.481 e. The van der Waals surface area contributed by atoms with Crippen molar-refractivity contribution in [2.24, 2.45) is 0 Å². The zero-order valence-electron chi connectivity index (χ0n) is 10.8. The summed E-state index contributed by atoms with van der Waals surface area (Å²) in [7, 11) is 0. The van der Waals surface area contributed by atoms with Crippen molar-refractivity contribution in [3.63, 3.8) is 0 Å². The van der Waals surface area contributed by atoms with Crippen molar-refractivity contribution in [1.29, 1.82) is 0 Å². The molecule has 19 heavy (non-hydrogen) atoms. The maximum absolute atomic E-state index is 10.7. The van der Waals surface area contributed by atoms with Gasteiger partial charge in [0.2, 0.25) is 0 Å². The van der Waals surface area contributed by atoms with Gasteiger partial charge in [-0.2, -0.15) is 11.3 Å². The van der Waals surface area contributed by atoms with Gasteiger partial charge in [0, 0.05) is 17.5 Å². The highest BCUT2D eigenvalue weighted by Crippen LogP contribution is 2.28. The Kier molecular flexibility index (Phi) is 4.60. The standard InChI is InChI=1S/C12H15N3O2S2/c1-3-4-15-11(9-6-18-5-8(9)2)13-14-12(15)19-7-10(16)17/h5-6H,3-4,7H2,1-2H3,(H,16,17). The molecule has 0 saturated carbocycles. The molecule has 102 valence electrons. The summed E-state index contributed by atoms with van der Waals surface area (Å²) in [6.07, 6.45) is 0.953. The van der Waals surface area contributed by atoms with Crippen LogP contribution < -0.4 is 0 Å². The molecule has 0 atom stereocenters. The van der Waals surface area contributed by atoms with E-state index in [0.717, 1.165) is 24.4 Å². The molecule has 0 radical (unpaired) electrons. The van der Waals surface area contributed by atoms with Crippen LogP contribution >= 0.6 is 23.1 Å². The molecule has 0 aromatic carbocycles. The van der Waals surface area contributed by atoms with Gasteiger partial charge >= 0.3 is 5.97 Å². The van der Waals surface area contributed by atoms with Crippen molar-refractivity contribution in [3.05, 3.63) is 16.3 Å². The van der Waals surface area contributed by atoms with Gasteiger partial charge in [0.1, 0.15) is 0 Å². The number of aromatic nitrogens is 3. The summed E-state index contributed by atoms with van der Waals surface area (Å²) in [6.45, 7) is 4.91. The maximum Gasteiger partial charge on any atom is 0.313 e. The first-order valence-electron chi connectivity index (χ1n) is 5.94. The maximum atomic E-state index is 10.7. The fourth-order valence-electron chi connectivity index (χ4n) is 1.74. The lowest BCUT2D eigenvalue weighted by molar-refractivity contribution is -0.133. The third-order valence-electron chi connectivity index (χ3n) is 2.59. The van der Waals surface area contributed by atoms with Gasteiger partial charge in [-0.3, -0.25) is 4.79 Å². The Morgan fingerprint density at radius 3 is 2.84 bits per heavy atom. The van der Waals surface area contributed by atoms with Gasteiger partial charge in [-0.1, -0.05) is 18.7 Å². The van der Waals surface area contributed by atoms with E-state index in [-0.39, 0.29) is 5.75 Å². The predicted octanol–water partition coefficient (Wildman–Crippen LogP) is 2.90. The molecule has 2 aromatic heterocycles. The van der Waals surface area contributed by atoms with Crippen LogP contribution in [-0.4, -0.2) is 31.6 Å². The van der Waals surface area contributed by atoms with E-state index in [0.29, 0.717) is 5.16 Å². The zero-order chi connectivity index (χ0) is 13.8. The van der Waals surface area contributed by atoms with Gasteiger partial charge in [-0.25, -0.2) is 0 Å². The van der Waals surface area contributed by atoms with Crippen molar-refractivity contribution in [2.75, 3.05) is 5.75 Å². The van der Waals surface area contributed by atoms with Crippen LogP contribution in [0.5, 0.6) is 0 Å². The molecule has 0 spiro atoms. The van der Waals surface area contributed by atoms with Crippen LogP contribution in [0.2, 0.25) is 0 Å². The van der Waals surface area contributed by atoms with E-state index in [4.69, 9.17) is 5.11 Å². The minimum Gasteiger partial charge on any atom is -0.481 e. The first-order valence-corrected chi connectivity index (χ1v) is 7.87. The van der Waals surface area contributed by atoms with Crippen molar-refractivity contribution in [2.45, 2.75) is 32.0 Å². The van der Waals surface area contributed by atoms with E-state index in [9.17, 15) is 4.79 Å². The highest BCUT2D eigenvalue weighted by atomic mass is 32.2. The number of aliphatic carboxylic acids is 1. The Labute approximate surface area is 119 Å². The predicted molar refractivity (Wildman–Crippen MR) is 76.7 cm³/mol. The molecular formula is C12H15N3O2S2. The van der Waals surface area contributed by atoms with Gasteiger partial charge in [0.25, 0.3) is 0 Å². The third kappa shape index (κ3) is 3.16. The number of carboxylic acids is 1. The second kappa shape index (κ2) is 6.21. The fraction of sp³-hybridized carbons (Fsp3) is 0.417. The highest BCUT2D eigenvalue weighted by molar-refractivity contribution is 7.99. The topological polar surface area (TPSA) is 68.0 Å². The quantitative estimate of drug-likeness (QED) is 0.830. The van der Waals surface area contributed by atoms with Crippen LogP contribution in [-0.2, 0) is 11.3 Å². The molecule has 5 nitrogen and oxygen atoms in total. The smallest absolute Gasteiger partial charge is 0.313 e. The molecule has 0 saturated heterocycles. The Hall–Kier alpha value is -1.34. The fourth-order valence-corrected chi connectivity index (χ4v) is 3.25. The molecule has 0 aliphatic heterocycles. The molecule has 7 heteroatoms. The van der Waals surface area contributed by atoms with Gasteiger partial charge in [0.05, 0.1) is 5.75 Å². The van der Waals surface area contributed by atoms with Crippen molar-refractivity contribution >= 4 is 29.1 Å². The van der Waals surface area contributed by atoms with Gasteiger partial charge in [-0.15, -0.1) is 10.2 Å². The lowest BCUT2D eigenvalue weighted by Gasteiger charge is -2.07. The number of aryl methyl sites for hydroxylation is 1. The second-order valence-electron chi connectivity index (χ2n) is 4.11. The minimum atomic E-state index is -0.843. The number of thiophene rings is 1. The van der Waals surface area contributed by atoms with Gasteiger partial charge in [-0.05, 0) is 24.3 Å². The first-order chi connectivity index (χ1) is 9.13. The molecule has 0 fully saturated rings. The van der Waals surface area contributed by atoms with Crippen LogP contribution in [0.1, 0.15) is 18.9 Å². The van der Waals surface area contributed by atoms with E-state index in [1.807, 2.05) is 11.5 Å². The summed E-state index contributed by atoms with van der Waals surface area (Å²) >= 11 is 2.85. The average Bonchev–Trinajstić information content (AvgIpc) is 2.94. The van der Waals surface area contributed by atoms with E-state index in [2.05, 4.69) is 27.9 Å². The number of rotatable bonds is 6. The summed E-state index contributed by atoms with van der Waals surface area (Å²) < 4.78 is 2.00. The Morgan fingerprint density at radius 2 is 2.26 bits per heavy atom. The molecule has 0 amide bonds. The second-order valence-corrected chi connectivity index (χ2v) is 5.79. The van der Waals surface area contributed by atoms with Crippen LogP contribution in [0.25, 0.3) is 11.4 Å². The summed E-state index contributed by atoms with van der Waals surface area (Å²) in [5.41, 5.74) is 2.25. The Bertz CT molecular complexity index is 577. The normalized spacial score (nSPS) is 10.8. The summed E-state index contributed by atoms with van der Waals surface area (Å²) in [6, 6.07) is 0. The lowest BCUT2D eigenvalue weighted by Crippen LogP contribution is -2.04. The van der Waals surface area contributed by atoms with E-state index >= 15 is 0 Å². The summed E-state index contributed by atoms with van der Waals surface area (Å²) in [4.78, 5) is 10.7. The molecule has 0 aliphatic carbocycles. The van der Waals surface area contributed by atoms with Crippen LogP contribution in [0.15, 0.2) is 15.9 Å². The van der Waals surface area contributed by atoms with Gasteiger partial charge < -0.3 is 9.67 Å². The van der Waals surface area contributed by atoms with E-state index in [1.165, 1.54) is 17.3 Å². The molecule has 2 heterocycles. The van der Waals surface area contributed by atoms with E-state index in [1.54, 1.807) is 11.3 Å². The van der Waals surface area contributed by atoms with Crippen molar-refractivity contribution in [1.82, 2.24) is 14.8 Å². The first kappa shape index (κ1) is 14.1. The Balaban J connectivity index is 2.34. The third-order valence-corrected chi connectivity index (χ3v) is 4.40. The lowest BCUT2D eigenvalue weighted by atomic mass is 10.2. The molecule has 0 unspecified atom stereocenters. The number of nitrogens with zero attached hydrogens (tertiary/aromatic N) is 3. The molecular weight excluding hydrogens is 282 g/mol. The Morgan fingerprint density at radius 1 is 1.47 bits per heavy atom. The van der Waals surface area contributed by atoms with Crippen LogP contribution in [0.3, 0.4) is 0 Å². The molecule has 2 rings (SSSR count). The average molecular weight is 297 g/mol. The SMILES string of the molecule is CCCn1c(SCC(=O)O)nnc1-c1cscc1C. The minimum absolute atomic E-state index is 0.00443.